The van der Waals surface area contributed by atoms with Gasteiger partial charge in [0.2, 0.25) is 4.80 Å². The summed E-state index contributed by atoms with van der Waals surface area (Å²) >= 11 is 14.1. The summed E-state index contributed by atoms with van der Waals surface area (Å²) in [6, 6.07) is 18.4. The van der Waals surface area contributed by atoms with E-state index < -0.39 is 0 Å². The number of halogens is 2. The van der Waals surface area contributed by atoms with Gasteiger partial charge in [-0.25, -0.2) is 14.4 Å². The summed E-state index contributed by atoms with van der Waals surface area (Å²) in [7, 11) is 1.83. The van der Waals surface area contributed by atoms with Gasteiger partial charge in [0.05, 0.1) is 28.3 Å². The van der Waals surface area contributed by atoms with E-state index >= 15 is 0 Å². The molecule has 0 aliphatic carbocycles. The maximum absolute atomic E-state index is 13.4. The van der Waals surface area contributed by atoms with Crippen LogP contribution in [0, 0.1) is 13.8 Å². The van der Waals surface area contributed by atoms with Crippen molar-refractivity contribution in [3.8, 4) is 16.9 Å². The number of aromatic nitrogens is 3. The highest BCUT2D eigenvalue weighted by atomic mass is 35.5. The maximum atomic E-state index is 13.4. The summed E-state index contributed by atoms with van der Waals surface area (Å²) in [5, 5.41) is 7.58. The highest BCUT2D eigenvalue weighted by molar-refractivity contribution is 7.07. The van der Waals surface area contributed by atoms with E-state index in [1.807, 2.05) is 68.7 Å². The van der Waals surface area contributed by atoms with Crippen LogP contribution in [0.3, 0.4) is 0 Å². The quantitative estimate of drug-likeness (QED) is 0.245. The molecular formula is C26H21Cl2N5O2S. The Bertz CT molecular complexity index is 1720. The van der Waals surface area contributed by atoms with Crippen molar-refractivity contribution in [3.63, 3.8) is 0 Å². The van der Waals surface area contributed by atoms with E-state index in [1.54, 1.807) is 38.5 Å². The van der Waals surface area contributed by atoms with Gasteiger partial charge in [-0.1, -0.05) is 41.4 Å². The molecule has 7 nitrogen and oxygen atoms in total. The van der Waals surface area contributed by atoms with E-state index in [2.05, 4.69) is 5.10 Å². The normalized spacial score (nSPS) is 12.2. The zero-order valence-electron chi connectivity index (χ0n) is 19.6. The lowest BCUT2D eigenvalue weighted by atomic mass is 10.2. The standard InChI is InChI=1S/C26H21Cl2N5O2S/c1-16-9-11-20(35-16)14-29-32-23(21-13-18(27)10-12-22(21)28)15-36-26(32)30-24-17(2)31(3)33(25(24)34)19-7-5-4-6-8-19/h4-15H,1-3H3. The number of para-hydroxylation sites is 1. The molecular weight excluding hydrogens is 517 g/mol. The Morgan fingerprint density at radius 2 is 1.81 bits per heavy atom. The second kappa shape index (κ2) is 9.81. The van der Waals surface area contributed by atoms with Crippen LogP contribution in [-0.2, 0) is 7.05 Å². The lowest BCUT2D eigenvalue weighted by Crippen LogP contribution is -2.19. The minimum absolute atomic E-state index is 0.228. The molecule has 0 fully saturated rings. The van der Waals surface area contributed by atoms with Crippen molar-refractivity contribution >= 4 is 46.4 Å². The van der Waals surface area contributed by atoms with Crippen LogP contribution in [-0.4, -0.2) is 20.3 Å². The Morgan fingerprint density at radius 3 is 2.53 bits per heavy atom. The number of benzene rings is 2. The third-order valence-electron chi connectivity index (χ3n) is 5.68. The van der Waals surface area contributed by atoms with Crippen LogP contribution in [0.5, 0.6) is 0 Å². The molecule has 0 radical (unpaired) electrons. The summed E-state index contributed by atoms with van der Waals surface area (Å²) in [5.41, 5.74) is 2.95. The van der Waals surface area contributed by atoms with Crippen LogP contribution in [0.4, 0.5) is 5.69 Å². The molecule has 0 amide bonds. The molecule has 2 aromatic carbocycles. The van der Waals surface area contributed by atoms with Gasteiger partial charge in [0.15, 0.2) is 5.69 Å². The summed E-state index contributed by atoms with van der Waals surface area (Å²) in [6.07, 6.45) is 1.60. The molecule has 0 saturated carbocycles. The molecule has 0 atom stereocenters. The molecule has 3 aromatic heterocycles. The molecule has 0 spiro atoms. The third kappa shape index (κ3) is 4.51. The molecule has 0 saturated heterocycles. The molecule has 0 N–H and O–H groups in total. The summed E-state index contributed by atoms with van der Waals surface area (Å²) in [4.78, 5) is 18.7. The van der Waals surface area contributed by atoms with E-state index in [9.17, 15) is 4.79 Å². The Kier molecular flexibility index (Phi) is 6.57. The molecule has 182 valence electrons. The smallest absolute Gasteiger partial charge is 0.297 e. The molecule has 0 unspecified atom stereocenters. The molecule has 0 aliphatic heterocycles. The van der Waals surface area contributed by atoms with Crippen LogP contribution in [0.15, 0.2) is 85.3 Å². The van der Waals surface area contributed by atoms with Gasteiger partial charge in [-0.2, -0.15) is 5.10 Å². The molecule has 36 heavy (non-hydrogen) atoms. The number of nitrogens with zero attached hydrogens (tertiary/aromatic N) is 5. The fourth-order valence-corrected chi connectivity index (χ4v) is 5.00. The van der Waals surface area contributed by atoms with E-state index in [4.69, 9.17) is 32.6 Å². The highest BCUT2D eigenvalue weighted by Gasteiger charge is 2.17. The van der Waals surface area contributed by atoms with Crippen molar-refractivity contribution in [2.45, 2.75) is 13.8 Å². The summed E-state index contributed by atoms with van der Waals surface area (Å²) in [5.74, 6) is 1.36. The van der Waals surface area contributed by atoms with Crippen LogP contribution < -0.4 is 10.4 Å². The SMILES string of the molecule is Cc1ccc(C=Nn2c(-c3cc(Cl)ccc3Cl)csc2=Nc2c(C)n(C)n(-c3ccccc3)c2=O)o1. The van der Waals surface area contributed by atoms with Crippen LogP contribution in [0.2, 0.25) is 10.0 Å². The van der Waals surface area contributed by atoms with Gasteiger partial charge in [-0.15, -0.1) is 11.3 Å². The first-order valence-corrected chi connectivity index (χ1v) is 12.6. The highest BCUT2D eigenvalue weighted by Crippen LogP contribution is 2.31. The number of hydrogen-bond donors (Lipinski definition) is 0. The number of thiazole rings is 1. The Balaban J connectivity index is 1.72. The Hall–Kier alpha value is -3.59. The second-order valence-electron chi connectivity index (χ2n) is 8.05. The van der Waals surface area contributed by atoms with E-state index in [1.165, 1.54) is 11.3 Å². The van der Waals surface area contributed by atoms with Gasteiger partial charge >= 0.3 is 0 Å². The largest absolute Gasteiger partial charge is 0.460 e. The van der Waals surface area contributed by atoms with E-state index in [0.29, 0.717) is 37.6 Å². The van der Waals surface area contributed by atoms with Crippen molar-refractivity contribution < 1.29 is 4.42 Å². The van der Waals surface area contributed by atoms with Gasteiger partial charge in [0, 0.05) is 23.0 Å². The van der Waals surface area contributed by atoms with Crippen LogP contribution in [0.25, 0.3) is 16.9 Å². The summed E-state index contributed by atoms with van der Waals surface area (Å²) < 4.78 is 10.7. The zero-order valence-corrected chi connectivity index (χ0v) is 22.0. The van der Waals surface area contributed by atoms with E-state index in [0.717, 1.165) is 17.1 Å². The third-order valence-corrected chi connectivity index (χ3v) is 7.06. The fraction of sp³-hybridized carbons (Fsp3) is 0.115. The number of aryl methyl sites for hydroxylation is 1. The predicted octanol–water partition coefficient (Wildman–Crippen LogP) is 6.34. The average molecular weight is 538 g/mol. The van der Waals surface area contributed by atoms with E-state index in [-0.39, 0.29) is 5.56 Å². The number of rotatable bonds is 5. The lowest BCUT2D eigenvalue weighted by Gasteiger charge is -2.07. The van der Waals surface area contributed by atoms with Crippen LogP contribution in [0.1, 0.15) is 17.2 Å². The predicted molar refractivity (Wildman–Crippen MR) is 145 cm³/mol. The zero-order chi connectivity index (χ0) is 25.4. The van der Waals surface area contributed by atoms with Crippen molar-refractivity contribution in [1.29, 1.82) is 0 Å². The lowest BCUT2D eigenvalue weighted by molar-refractivity contribution is 0.527. The maximum Gasteiger partial charge on any atom is 0.297 e. The monoisotopic (exact) mass is 537 g/mol. The number of furan rings is 1. The van der Waals surface area contributed by atoms with Gasteiger partial charge in [0.25, 0.3) is 5.56 Å². The van der Waals surface area contributed by atoms with Crippen molar-refractivity contribution in [2.75, 3.05) is 0 Å². The fourth-order valence-electron chi connectivity index (χ4n) is 3.78. The first kappa shape index (κ1) is 24.1. The first-order chi connectivity index (χ1) is 17.3. The molecule has 0 aliphatic rings. The molecule has 0 bridgehead atoms. The van der Waals surface area contributed by atoms with Gasteiger partial charge in [0.1, 0.15) is 11.5 Å². The minimum Gasteiger partial charge on any atom is -0.460 e. The molecule has 5 aromatic rings. The Morgan fingerprint density at radius 1 is 1.03 bits per heavy atom. The first-order valence-electron chi connectivity index (χ1n) is 11.0. The van der Waals surface area contributed by atoms with Gasteiger partial charge in [-0.05, 0) is 56.3 Å². The number of hydrogen-bond acceptors (Lipinski definition) is 5. The minimum atomic E-state index is -0.228. The Labute approximate surface area is 220 Å². The average Bonchev–Trinajstić information content (AvgIpc) is 3.53. The van der Waals surface area contributed by atoms with Crippen molar-refractivity contribution in [2.24, 2.45) is 17.1 Å². The second-order valence-corrected chi connectivity index (χ2v) is 9.73. The van der Waals surface area contributed by atoms with Crippen LogP contribution >= 0.6 is 34.5 Å². The van der Waals surface area contributed by atoms with Crippen molar-refractivity contribution in [3.05, 3.63) is 108 Å². The van der Waals surface area contributed by atoms with Gasteiger partial charge < -0.3 is 4.42 Å². The van der Waals surface area contributed by atoms with Gasteiger partial charge in [-0.3, -0.25) is 9.48 Å². The topological polar surface area (TPSA) is 69.7 Å². The van der Waals surface area contributed by atoms with Crippen molar-refractivity contribution in [1.82, 2.24) is 14.0 Å². The molecule has 10 heteroatoms. The molecule has 5 rings (SSSR count). The summed E-state index contributed by atoms with van der Waals surface area (Å²) in [6.45, 7) is 3.73. The molecule has 3 heterocycles.